The number of rotatable bonds is 4. The topological polar surface area (TPSA) is 34.1 Å². The van der Waals surface area contributed by atoms with Crippen LogP contribution in [0.1, 0.15) is 0 Å². The van der Waals surface area contributed by atoms with Gasteiger partial charge >= 0.3 is 0 Å². The number of nitrogens with one attached hydrogen (secondary N) is 1. The molecular weight excluding hydrogens is 304 g/mol. The molecule has 0 spiro atoms. The highest BCUT2D eigenvalue weighted by Gasteiger charge is 2.04. The lowest BCUT2D eigenvalue weighted by Crippen LogP contribution is -2.08. The van der Waals surface area contributed by atoms with E-state index in [2.05, 4.69) is 26.2 Å². The minimum absolute atomic E-state index is 0.643. The molecule has 0 fully saturated rings. The number of aromatic nitrogens is 1. The average Bonchev–Trinajstić information content (AvgIpc) is 2.30. The van der Waals surface area contributed by atoms with E-state index in [4.69, 9.17) is 16.3 Å². The minimum atomic E-state index is 0.643. The van der Waals surface area contributed by atoms with Crippen molar-refractivity contribution < 1.29 is 4.74 Å². The van der Waals surface area contributed by atoms with Gasteiger partial charge in [0.1, 0.15) is 5.82 Å². The van der Waals surface area contributed by atoms with Crippen LogP contribution >= 0.6 is 27.5 Å². The molecule has 0 amide bonds. The van der Waals surface area contributed by atoms with Crippen LogP contribution in [-0.2, 0) is 4.74 Å². The summed E-state index contributed by atoms with van der Waals surface area (Å²) in [4.78, 5) is 4.47. The van der Waals surface area contributed by atoms with Gasteiger partial charge in [-0.2, -0.15) is 0 Å². The summed E-state index contributed by atoms with van der Waals surface area (Å²) in [7, 11) is 1.67. The number of hydrogen-bond donors (Lipinski definition) is 1. The number of methoxy groups -OCH3 is 1. The highest BCUT2D eigenvalue weighted by Crippen LogP contribution is 2.27. The Bertz CT molecular complexity index is 533. The third-order valence-corrected chi connectivity index (χ3v) is 3.07. The molecule has 0 radical (unpaired) electrons. The molecular formula is C12H12BrClN2O. The van der Waals surface area contributed by atoms with Gasteiger partial charge in [0.2, 0.25) is 0 Å². The molecule has 1 heterocycles. The lowest BCUT2D eigenvalue weighted by Gasteiger charge is -2.07. The first-order chi connectivity index (χ1) is 8.20. The largest absolute Gasteiger partial charge is 0.383 e. The van der Waals surface area contributed by atoms with Gasteiger partial charge in [-0.3, -0.25) is 0 Å². The second kappa shape index (κ2) is 5.67. The number of nitrogens with zero attached hydrogens (tertiary/aromatic N) is 1. The van der Waals surface area contributed by atoms with E-state index in [1.165, 1.54) is 0 Å². The first-order valence-electron chi connectivity index (χ1n) is 5.19. The smallest absolute Gasteiger partial charge is 0.126 e. The lowest BCUT2D eigenvalue weighted by atomic mass is 10.2. The Labute approximate surface area is 113 Å². The second-order valence-corrected chi connectivity index (χ2v) is 4.90. The van der Waals surface area contributed by atoms with E-state index in [-0.39, 0.29) is 0 Å². The molecule has 0 aliphatic carbocycles. The molecule has 3 nitrogen and oxygen atoms in total. The molecule has 0 saturated carbocycles. The third-order valence-electron chi connectivity index (χ3n) is 2.32. The van der Waals surface area contributed by atoms with Gasteiger partial charge in [0.25, 0.3) is 0 Å². The number of benzene rings is 1. The Morgan fingerprint density at radius 1 is 1.41 bits per heavy atom. The summed E-state index contributed by atoms with van der Waals surface area (Å²) < 4.78 is 5.92. The van der Waals surface area contributed by atoms with Crippen LogP contribution in [0, 0.1) is 0 Å². The summed E-state index contributed by atoms with van der Waals surface area (Å²) in [6, 6.07) is 7.76. The summed E-state index contributed by atoms with van der Waals surface area (Å²) in [5, 5.41) is 4.83. The van der Waals surface area contributed by atoms with Crippen molar-refractivity contribution in [2.24, 2.45) is 0 Å². The van der Waals surface area contributed by atoms with Gasteiger partial charge in [-0.1, -0.05) is 27.5 Å². The van der Waals surface area contributed by atoms with E-state index in [9.17, 15) is 0 Å². The Hall–Kier alpha value is -0.840. The van der Waals surface area contributed by atoms with Gasteiger partial charge in [-0.25, -0.2) is 4.98 Å². The Morgan fingerprint density at radius 2 is 2.24 bits per heavy atom. The van der Waals surface area contributed by atoms with E-state index in [0.717, 1.165) is 27.7 Å². The van der Waals surface area contributed by atoms with Gasteiger partial charge in [0.15, 0.2) is 0 Å². The lowest BCUT2D eigenvalue weighted by molar-refractivity contribution is 0.210. The van der Waals surface area contributed by atoms with Crippen LogP contribution in [0.2, 0.25) is 5.02 Å². The first-order valence-corrected chi connectivity index (χ1v) is 6.36. The van der Waals surface area contributed by atoms with Crippen molar-refractivity contribution in [1.29, 1.82) is 0 Å². The van der Waals surface area contributed by atoms with Crippen molar-refractivity contribution in [2.45, 2.75) is 0 Å². The van der Waals surface area contributed by atoms with Crippen LogP contribution in [0.15, 0.2) is 28.7 Å². The highest BCUT2D eigenvalue weighted by atomic mass is 79.9. The molecule has 2 rings (SSSR count). The van der Waals surface area contributed by atoms with Gasteiger partial charge in [0, 0.05) is 23.5 Å². The Kier molecular flexibility index (Phi) is 4.20. The van der Waals surface area contributed by atoms with Crippen molar-refractivity contribution in [1.82, 2.24) is 4.98 Å². The fraction of sp³-hybridized carbons (Fsp3) is 0.250. The Balaban J connectivity index is 2.30. The average molecular weight is 316 g/mol. The summed E-state index contributed by atoms with van der Waals surface area (Å²) in [6.07, 6.45) is 0. The van der Waals surface area contributed by atoms with E-state index in [0.29, 0.717) is 11.6 Å². The Morgan fingerprint density at radius 3 is 3.00 bits per heavy atom. The number of halogens is 2. The molecule has 0 bridgehead atoms. The molecule has 1 N–H and O–H groups in total. The predicted octanol–water partition coefficient (Wildman–Crippen LogP) is 3.71. The molecule has 2 aromatic rings. The minimum Gasteiger partial charge on any atom is -0.383 e. The standard InChI is InChI=1S/C12H12BrClN2O/c1-17-5-4-15-11-3-2-8-6-9(13)7-10(14)12(8)16-11/h2-3,6-7H,4-5H2,1H3,(H,15,16). The van der Waals surface area contributed by atoms with Gasteiger partial charge < -0.3 is 10.1 Å². The summed E-state index contributed by atoms with van der Waals surface area (Å²) in [5.41, 5.74) is 0.803. The zero-order valence-electron chi connectivity index (χ0n) is 9.34. The molecule has 0 atom stereocenters. The maximum absolute atomic E-state index is 6.15. The monoisotopic (exact) mass is 314 g/mol. The number of ether oxygens (including phenoxy) is 1. The first kappa shape index (κ1) is 12.6. The van der Waals surface area contributed by atoms with E-state index < -0.39 is 0 Å². The van der Waals surface area contributed by atoms with Gasteiger partial charge in [0.05, 0.1) is 17.1 Å². The number of fused-ring (bicyclic) bond motifs is 1. The van der Waals surface area contributed by atoms with E-state index >= 15 is 0 Å². The molecule has 17 heavy (non-hydrogen) atoms. The maximum atomic E-state index is 6.15. The van der Waals surface area contributed by atoms with Crippen LogP contribution in [0.5, 0.6) is 0 Å². The molecule has 0 saturated heterocycles. The van der Waals surface area contributed by atoms with E-state index in [1.807, 2.05) is 24.3 Å². The molecule has 1 aromatic carbocycles. The second-order valence-electron chi connectivity index (χ2n) is 3.58. The quantitative estimate of drug-likeness (QED) is 0.873. The molecule has 0 unspecified atom stereocenters. The van der Waals surface area contributed by atoms with Crippen molar-refractivity contribution in [3.05, 3.63) is 33.8 Å². The van der Waals surface area contributed by atoms with Crippen molar-refractivity contribution in [3.63, 3.8) is 0 Å². The fourth-order valence-corrected chi connectivity index (χ4v) is 2.41. The number of anilines is 1. The molecule has 0 aliphatic rings. The third kappa shape index (κ3) is 3.09. The maximum Gasteiger partial charge on any atom is 0.126 e. The van der Waals surface area contributed by atoms with Gasteiger partial charge in [-0.05, 0) is 24.3 Å². The SMILES string of the molecule is COCCNc1ccc2cc(Br)cc(Cl)c2n1. The van der Waals surface area contributed by atoms with Crippen molar-refractivity contribution in [3.8, 4) is 0 Å². The summed E-state index contributed by atoms with van der Waals surface area (Å²) >= 11 is 9.56. The number of hydrogen-bond acceptors (Lipinski definition) is 3. The van der Waals surface area contributed by atoms with Gasteiger partial charge in [-0.15, -0.1) is 0 Å². The van der Waals surface area contributed by atoms with Crippen LogP contribution in [0.25, 0.3) is 10.9 Å². The van der Waals surface area contributed by atoms with Crippen LogP contribution in [0.4, 0.5) is 5.82 Å². The zero-order valence-corrected chi connectivity index (χ0v) is 11.7. The van der Waals surface area contributed by atoms with Crippen LogP contribution in [-0.4, -0.2) is 25.2 Å². The highest BCUT2D eigenvalue weighted by molar-refractivity contribution is 9.10. The zero-order chi connectivity index (χ0) is 12.3. The summed E-state index contributed by atoms with van der Waals surface area (Å²) in [6.45, 7) is 1.37. The van der Waals surface area contributed by atoms with Crippen LogP contribution < -0.4 is 5.32 Å². The number of pyridine rings is 1. The fourth-order valence-electron chi connectivity index (χ4n) is 1.54. The molecule has 1 aromatic heterocycles. The van der Waals surface area contributed by atoms with Crippen LogP contribution in [0.3, 0.4) is 0 Å². The van der Waals surface area contributed by atoms with E-state index in [1.54, 1.807) is 7.11 Å². The normalized spacial score (nSPS) is 10.8. The van der Waals surface area contributed by atoms with Crippen molar-refractivity contribution in [2.75, 3.05) is 25.6 Å². The molecule has 0 aliphatic heterocycles. The molecule has 90 valence electrons. The molecule has 5 heteroatoms. The van der Waals surface area contributed by atoms with Crippen molar-refractivity contribution >= 4 is 44.3 Å². The predicted molar refractivity (Wildman–Crippen MR) is 74.8 cm³/mol. The summed E-state index contributed by atoms with van der Waals surface area (Å²) in [5.74, 6) is 0.804.